The first-order valence-corrected chi connectivity index (χ1v) is 7.90. The molecule has 1 amide bonds. The number of aliphatic hydroxyl groups is 1. The van der Waals surface area contributed by atoms with Crippen molar-refractivity contribution in [1.82, 2.24) is 9.80 Å². The van der Waals surface area contributed by atoms with Crippen molar-refractivity contribution < 1.29 is 14.3 Å². The Bertz CT molecular complexity index is 569. The summed E-state index contributed by atoms with van der Waals surface area (Å²) in [5, 5.41) is 9.08. The van der Waals surface area contributed by atoms with Gasteiger partial charge in [0.05, 0.1) is 26.0 Å². The van der Waals surface area contributed by atoms with Crippen LogP contribution >= 0.6 is 0 Å². The van der Waals surface area contributed by atoms with Crippen LogP contribution < -0.4 is 0 Å². The molecule has 0 spiro atoms. The SMILES string of the molecule is CCN(CCO)CC(=O)N(Cc1ccccc1)Cc1ccco1. The molecule has 0 fully saturated rings. The van der Waals surface area contributed by atoms with Crippen LogP contribution in [0.15, 0.2) is 53.1 Å². The van der Waals surface area contributed by atoms with E-state index in [1.165, 1.54) is 0 Å². The van der Waals surface area contributed by atoms with E-state index in [0.717, 1.165) is 17.9 Å². The molecule has 5 heteroatoms. The molecular formula is C18H24N2O3. The summed E-state index contributed by atoms with van der Waals surface area (Å²) < 4.78 is 5.38. The summed E-state index contributed by atoms with van der Waals surface area (Å²) in [4.78, 5) is 16.4. The average molecular weight is 316 g/mol. The zero-order valence-corrected chi connectivity index (χ0v) is 13.5. The fraction of sp³-hybridized carbons (Fsp3) is 0.389. The van der Waals surface area contributed by atoms with Crippen LogP contribution in [0.25, 0.3) is 0 Å². The zero-order chi connectivity index (χ0) is 16.5. The number of benzene rings is 1. The molecule has 0 saturated heterocycles. The van der Waals surface area contributed by atoms with Gasteiger partial charge in [-0.15, -0.1) is 0 Å². The van der Waals surface area contributed by atoms with Crippen molar-refractivity contribution in [2.24, 2.45) is 0 Å². The first-order chi connectivity index (χ1) is 11.2. The Morgan fingerprint density at radius 3 is 2.52 bits per heavy atom. The summed E-state index contributed by atoms with van der Waals surface area (Å²) in [6.45, 7) is 4.54. The van der Waals surface area contributed by atoms with E-state index in [1.54, 1.807) is 11.2 Å². The van der Waals surface area contributed by atoms with E-state index in [0.29, 0.717) is 26.2 Å². The summed E-state index contributed by atoms with van der Waals surface area (Å²) in [6.07, 6.45) is 1.62. The first kappa shape index (κ1) is 17.2. The van der Waals surface area contributed by atoms with Crippen molar-refractivity contribution in [3.63, 3.8) is 0 Å². The molecule has 0 aliphatic carbocycles. The van der Waals surface area contributed by atoms with Gasteiger partial charge in [-0.3, -0.25) is 9.69 Å². The van der Waals surface area contributed by atoms with Crippen molar-refractivity contribution in [2.75, 3.05) is 26.2 Å². The van der Waals surface area contributed by atoms with Crippen LogP contribution in [0.3, 0.4) is 0 Å². The highest BCUT2D eigenvalue weighted by atomic mass is 16.3. The van der Waals surface area contributed by atoms with E-state index < -0.39 is 0 Å². The first-order valence-electron chi connectivity index (χ1n) is 7.90. The van der Waals surface area contributed by atoms with Gasteiger partial charge < -0.3 is 14.4 Å². The largest absolute Gasteiger partial charge is 0.467 e. The second kappa shape index (κ2) is 9.12. The molecule has 0 bridgehead atoms. The fourth-order valence-electron chi connectivity index (χ4n) is 2.41. The third-order valence-corrected chi connectivity index (χ3v) is 3.72. The van der Waals surface area contributed by atoms with Crippen LogP contribution in [0, 0.1) is 0 Å². The Kier molecular flexibility index (Phi) is 6.84. The van der Waals surface area contributed by atoms with E-state index in [9.17, 15) is 4.79 Å². The molecule has 1 N–H and O–H groups in total. The van der Waals surface area contributed by atoms with Crippen molar-refractivity contribution in [3.05, 3.63) is 60.1 Å². The van der Waals surface area contributed by atoms with Crippen molar-refractivity contribution in [1.29, 1.82) is 0 Å². The van der Waals surface area contributed by atoms with Gasteiger partial charge in [0, 0.05) is 13.1 Å². The quantitative estimate of drug-likeness (QED) is 0.770. The van der Waals surface area contributed by atoms with Gasteiger partial charge in [-0.1, -0.05) is 37.3 Å². The predicted octanol–water partition coefficient (Wildman–Crippen LogP) is 2.12. The van der Waals surface area contributed by atoms with Crippen LogP contribution in [0.4, 0.5) is 0 Å². The number of likely N-dealkylation sites (N-methyl/N-ethyl adjacent to an activating group) is 1. The van der Waals surface area contributed by atoms with Gasteiger partial charge in [-0.05, 0) is 24.2 Å². The Morgan fingerprint density at radius 2 is 1.91 bits per heavy atom. The van der Waals surface area contributed by atoms with Gasteiger partial charge >= 0.3 is 0 Å². The molecule has 0 saturated carbocycles. The number of furan rings is 1. The smallest absolute Gasteiger partial charge is 0.237 e. The molecule has 0 radical (unpaired) electrons. The van der Waals surface area contributed by atoms with E-state index in [-0.39, 0.29) is 12.5 Å². The van der Waals surface area contributed by atoms with Gasteiger partial charge in [-0.25, -0.2) is 0 Å². The number of hydrogen-bond acceptors (Lipinski definition) is 4. The molecule has 0 atom stereocenters. The number of aliphatic hydroxyl groups excluding tert-OH is 1. The number of nitrogens with zero attached hydrogens (tertiary/aromatic N) is 2. The minimum absolute atomic E-state index is 0.0283. The van der Waals surface area contributed by atoms with Gasteiger partial charge in [-0.2, -0.15) is 0 Å². The lowest BCUT2D eigenvalue weighted by atomic mass is 10.2. The Balaban J connectivity index is 2.07. The molecule has 0 aliphatic heterocycles. The normalized spacial score (nSPS) is 10.9. The fourth-order valence-corrected chi connectivity index (χ4v) is 2.41. The van der Waals surface area contributed by atoms with Crippen molar-refractivity contribution >= 4 is 5.91 Å². The van der Waals surface area contributed by atoms with Crippen LogP contribution in [-0.4, -0.2) is 47.1 Å². The molecule has 2 aromatic rings. The Labute approximate surface area is 137 Å². The van der Waals surface area contributed by atoms with E-state index in [2.05, 4.69) is 0 Å². The molecule has 0 unspecified atom stereocenters. The molecule has 23 heavy (non-hydrogen) atoms. The van der Waals surface area contributed by atoms with E-state index >= 15 is 0 Å². The van der Waals surface area contributed by atoms with E-state index in [4.69, 9.17) is 9.52 Å². The third-order valence-electron chi connectivity index (χ3n) is 3.72. The second-order valence-electron chi connectivity index (χ2n) is 5.41. The molecule has 0 aliphatic rings. The van der Waals surface area contributed by atoms with Crippen LogP contribution in [0.1, 0.15) is 18.2 Å². The molecule has 1 aromatic carbocycles. The maximum Gasteiger partial charge on any atom is 0.237 e. The van der Waals surface area contributed by atoms with Crippen molar-refractivity contribution in [2.45, 2.75) is 20.0 Å². The summed E-state index contributed by atoms with van der Waals surface area (Å²) in [6, 6.07) is 13.6. The van der Waals surface area contributed by atoms with Gasteiger partial charge in [0.15, 0.2) is 0 Å². The third kappa shape index (κ3) is 5.54. The lowest BCUT2D eigenvalue weighted by Gasteiger charge is -2.26. The average Bonchev–Trinajstić information content (AvgIpc) is 3.07. The highest BCUT2D eigenvalue weighted by molar-refractivity contribution is 5.78. The molecule has 2 rings (SSSR count). The highest BCUT2D eigenvalue weighted by Crippen LogP contribution is 2.11. The topological polar surface area (TPSA) is 56.9 Å². The maximum absolute atomic E-state index is 12.7. The monoisotopic (exact) mass is 316 g/mol. The second-order valence-corrected chi connectivity index (χ2v) is 5.41. The summed E-state index contributed by atoms with van der Waals surface area (Å²) in [5.41, 5.74) is 1.08. The molecular weight excluding hydrogens is 292 g/mol. The van der Waals surface area contributed by atoms with Crippen LogP contribution in [-0.2, 0) is 17.9 Å². The summed E-state index contributed by atoms with van der Waals surface area (Å²) in [5.74, 6) is 0.792. The highest BCUT2D eigenvalue weighted by Gasteiger charge is 2.18. The zero-order valence-electron chi connectivity index (χ0n) is 13.5. The summed E-state index contributed by atoms with van der Waals surface area (Å²) >= 11 is 0. The summed E-state index contributed by atoms with van der Waals surface area (Å²) in [7, 11) is 0. The predicted molar refractivity (Wildman–Crippen MR) is 88.6 cm³/mol. The van der Waals surface area contributed by atoms with E-state index in [1.807, 2.05) is 54.3 Å². The van der Waals surface area contributed by atoms with Gasteiger partial charge in [0.2, 0.25) is 5.91 Å². The minimum atomic E-state index is 0.0283. The number of amides is 1. The molecule has 1 heterocycles. The number of rotatable bonds is 9. The van der Waals surface area contributed by atoms with Crippen LogP contribution in [0.5, 0.6) is 0 Å². The van der Waals surface area contributed by atoms with Gasteiger partial charge in [0.1, 0.15) is 5.76 Å². The Hall–Kier alpha value is -2.11. The molecule has 5 nitrogen and oxygen atoms in total. The maximum atomic E-state index is 12.7. The van der Waals surface area contributed by atoms with Crippen molar-refractivity contribution in [3.8, 4) is 0 Å². The Morgan fingerprint density at radius 1 is 1.13 bits per heavy atom. The lowest BCUT2D eigenvalue weighted by Crippen LogP contribution is -2.40. The lowest BCUT2D eigenvalue weighted by molar-refractivity contribution is -0.134. The molecule has 1 aromatic heterocycles. The number of carbonyl (C=O) groups is 1. The molecule has 124 valence electrons. The minimum Gasteiger partial charge on any atom is -0.467 e. The number of carbonyl (C=O) groups excluding carboxylic acids is 1. The standard InChI is InChI=1S/C18H24N2O3/c1-2-19(10-11-21)15-18(22)20(14-17-9-6-12-23-17)13-16-7-4-3-5-8-16/h3-9,12,21H,2,10-11,13-15H2,1H3. The van der Waals surface area contributed by atoms with Gasteiger partial charge in [0.25, 0.3) is 0 Å². The number of hydrogen-bond donors (Lipinski definition) is 1. The van der Waals surface area contributed by atoms with Crippen LogP contribution in [0.2, 0.25) is 0 Å².